The molecule has 3 rings (SSSR count). The zero-order valence-corrected chi connectivity index (χ0v) is 10.4. The number of halogens is 2. The van der Waals surface area contributed by atoms with Crippen LogP contribution in [0.1, 0.15) is 32.1 Å². The number of oxime groups is 1. The second kappa shape index (κ2) is 3.78. The van der Waals surface area contributed by atoms with Crippen molar-refractivity contribution >= 4 is 28.9 Å². The van der Waals surface area contributed by atoms with Crippen molar-refractivity contribution < 1.29 is 5.21 Å². The van der Waals surface area contributed by atoms with Gasteiger partial charge in [0.2, 0.25) is 0 Å². The van der Waals surface area contributed by atoms with Crippen LogP contribution >= 0.6 is 23.2 Å². The van der Waals surface area contributed by atoms with Crippen LogP contribution in [0, 0.1) is 11.8 Å². The Hall–Kier alpha value is -0.470. The molecule has 16 heavy (non-hydrogen) atoms. The summed E-state index contributed by atoms with van der Waals surface area (Å²) in [5.74, 6) is 0.762. The van der Waals surface area contributed by atoms with Gasteiger partial charge < -0.3 is 5.21 Å². The Morgan fingerprint density at radius 1 is 1.19 bits per heavy atom. The van der Waals surface area contributed by atoms with Crippen molar-refractivity contribution in [3.05, 3.63) is 21.2 Å². The van der Waals surface area contributed by atoms with Crippen LogP contribution in [0.15, 0.2) is 26.4 Å². The fraction of sp³-hybridized carbons (Fsp3) is 0.583. The van der Waals surface area contributed by atoms with Crippen LogP contribution in [0.2, 0.25) is 0 Å². The van der Waals surface area contributed by atoms with Crippen LogP contribution < -0.4 is 0 Å². The zero-order chi connectivity index (χ0) is 11.3. The largest absolute Gasteiger partial charge is 0.411 e. The van der Waals surface area contributed by atoms with Gasteiger partial charge in [-0.15, -0.1) is 0 Å². The van der Waals surface area contributed by atoms with E-state index in [0.717, 1.165) is 37.8 Å². The summed E-state index contributed by atoms with van der Waals surface area (Å²) in [6.45, 7) is 0. The lowest BCUT2D eigenvalue weighted by Gasteiger charge is -2.24. The molecule has 0 unspecified atom stereocenters. The van der Waals surface area contributed by atoms with E-state index >= 15 is 0 Å². The van der Waals surface area contributed by atoms with Crippen molar-refractivity contribution in [2.75, 3.05) is 0 Å². The van der Waals surface area contributed by atoms with E-state index in [4.69, 9.17) is 28.4 Å². The van der Waals surface area contributed by atoms with Crippen molar-refractivity contribution in [1.82, 2.24) is 0 Å². The predicted octanol–water partition coefficient (Wildman–Crippen LogP) is 4.03. The first-order valence-corrected chi connectivity index (χ1v) is 6.49. The molecule has 4 heteroatoms. The highest BCUT2D eigenvalue weighted by molar-refractivity contribution is 6.56. The molecule has 3 aliphatic rings. The standard InChI is InChI=1S/C12H13Cl2NO/c13-12(14)11-7-4-5-8(11)10-6(7)2-1-3-9(10)15-16/h7-8,16H,1-5H2/b15-9-/t7-,8+/m0/s1. The fourth-order valence-electron chi connectivity index (χ4n) is 3.60. The predicted molar refractivity (Wildman–Crippen MR) is 65.0 cm³/mol. The number of nitrogens with zero attached hydrogens (tertiary/aromatic N) is 1. The third kappa shape index (κ3) is 1.29. The van der Waals surface area contributed by atoms with E-state index in [1.807, 2.05) is 0 Å². The van der Waals surface area contributed by atoms with Gasteiger partial charge in [0.05, 0.1) is 5.71 Å². The zero-order valence-electron chi connectivity index (χ0n) is 8.84. The highest BCUT2D eigenvalue weighted by atomic mass is 35.5. The van der Waals surface area contributed by atoms with Crippen molar-refractivity contribution in [3.8, 4) is 0 Å². The average molecular weight is 258 g/mol. The van der Waals surface area contributed by atoms with Crippen LogP contribution in [-0.2, 0) is 0 Å². The molecular weight excluding hydrogens is 245 g/mol. The summed E-state index contributed by atoms with van der Waals surface area (Å²) < 4.78 is 0.430. The van der Waals surface area contributed by atoms with E-state index in [-0.39, 0.29) is 0 Å². The molecule has 2 bridgehead atoms. The van der Waals surface area contributed by atoms with Gasteiger partial charge in [0, 0.05) is 11.8 Å². The van der Waals surface area contributed by atoms with Gasteiger partial charge in [-0.25, -0.2) is 0 Å². The molecule has 0 aromatic carbocycles. The first-order chi connectivity index (χ1) is 7.74. The quantitative estimate of drug-likeness (QED) is 0.516. The van der Waals surface area contributed by atoms with E-state index in [2.05, 4.69) is 5.16 Å². The van der Waals surface area contributed by atoms with Crippen LogP contribution in [0.5, 0.6) is 0 Å². The summed E-state index contributed by atoms with van der Waals surface area (Å²) in [4.78, 5) is 0. The summed E-state index contributed by atoms with van der Waals surface area (Å²) >= 11 is 12.0. The molecule has 0 heterocycles. The van der Waals surface area contributed by atoms with Crippen LogP contribution in [0.4, 0.5) is 0 Å². The van der Waals surface area contributed by atoms with Gasteiger partial charge in [-0.3, -0.25) is 0 Å². The molecule has 1 N–H and O–H groups in total. The molecule has 0 saturated heterocycles. The number of fused-ring (bicyclic) bond motifs is 4. The molecule has 1 saturated carbocycles. The van der Waals surface area contributed by atoms with E-state index in [0.29, 0.717) is 16.3 Å². The highest BCUT2D eigenvalue weighted by Gasteiger charge is 2.46. The lowest BCUT2D eigenvalue weighted by atomic mass is 9.81. The molecule has 86 valence electrons. The number of hydrogen-bond acceptors (Lipinski definition) is 2. The van der Waals surface area contributed by atoms with Gasteiger partial charge in [-0.1, -0.05) is 33.9 Å². The Bertz CT molecular complexity index is 432. The SMILES string of the molecule is O/N=C1/CCCC2=C1[C@H]1CC[C@@H]2C1=C(Cl)Cl. The fourth-order valence-corrected chi connectivity index (χ4v) is 4.13. The molecule has 2 atom stereocenters. The molecule has 0 aromatic rings. The first-order valence-electron chi connectivity index (χ1n) is 5.73. The topological polar surface area (TPSA) is 32.6 Å². The monoisotopic (exact) mass is 257 g/mol. The second-order valence-corrected chi connectivity index (χ2v) is 5.69. The minimum atomic E-state index is 0.330. The van der Waals surface area contributed by atoms with Crippen LogP contribution in [-0.4, -0.2) is 10.9 Å². The molecule has 0 aromatic heterocycles. The summed E-state index contributed by atoms with van der Waals surface area (Å²) in [6, 6.07) is 0. The Morgan fingerprint density at radius 3 is 2.62 bits per heavy atom. The Labute approximate surface area is 105 Å². The van der Waals surface area contributed by atoms with Gasteiger partial charge in [0.15, 0.2) is 0 Å². The lowest BCUT2D eigenvalue weighted by molar-refractivity contribution is 0.316. The van der Waals surface area contributed by atoms with E-state index in [9.17, 15) is 0 Å². The van der Waals surface area contributed by atoms with Gasteiger partial charge in [-0.2, -0.15) is 0 Å². The Morgan fingerprint density at radius 2 is 1.94 bits per heavy atom. The normalized spacial score (nSPS) is 34.9. The van der Waals surface area contributed by atoms with Crippen LogP contribution in [0.25, 0.3) is 0 Å². The van der Waals surface area contributed by atoms with Crippen molar-refractivity contribution in [2.24, 2.45) is 17.0 Å². The van der Waals surface area contributed by atoms with Crippen molar-refractivity contribution in [1.29, 1.82) is 0 Å². The molecular formula is C12H13Cl2NO. The molecule has 2 nitrogen and oxygen atoms in total. The molecule has 3 aliphatic carbocycles. The second-order valence-electron chi connectivity index (χ2n) is 4.74. The minimum Gasteiger partial charge on any atom is -0.411 e. The van der Waals surface area contributed by atoms with Crippen molar-refractivity contribution in [2.45, 2.75) is 32.1 Å². The lowest BCUT2D eigenvalue weighted by Crippen LogP contribution is -2.17. The van der Waals surface area contributed by atoms with E-state index < -0.39 is 0 Å². The summed E-state index contributed by atoms with van der Waals surface area (Å²) in [5, 5.41) is 12.5. The van der Waals surface area contributed by atoms with Crippen molar-refractivity contribution in [3.63, 3.8) is 0 Å². The van der Waals surface area contributed by atoms with Gasteiger partial charge in [-0.05, 0) is 43.3 Å². The maximum absolute atomic E-state index is 9.06. The highest BCUT2D eigenvalue weighted by Crippen LogP contribution is 2.57. The Balaban J connectivity index is 2.12. The van der Waals surface area contributed by atoms with Crippen LogP contribution in [0.3, 0.4) is 0 Å². The van der Waals surface area contributed by atoms with Gasteiger partial charge in [0.25, 0.3) is 0 Å². The van der Waals surface area contributed by atoms with Gasteiger partial charge in [0.1, 0.15) is 4.49 Å². The summed E-state index contributed by atoms with van der Waals surface area (Å²) in [6.07, 6.45) is 5.32. The van der Waals surface area contributed by atoms with E-state index in [1.165, 1.54) is 16.7 Å². The average Bonchev–Trinajstić information content (AvgIpc) is 2.84. The maximum Gasteiger partial charge on any atom is 0.107 e. The molecule has 0 aliphatic heterocycles. The van der Waals surface area contributed by atoms with E-state index in [1.54, 1.807) is 0 Å². The molecule has 0 radical (unpaired) electrons. The third-order valence-corrected chi connectivity index (χ3v) is 4.56. The minimum absolute atomic E-state index is 0.330. The number of rotatable bonds is 0. The number of hydrogen-bond donors (Lipinski definition) is 1. The smallest absolute Gasteiger partial charge is 0.107 e. The molecule has 0 spiro atoms. The summed E-state index contributed by atoms with van der Waals surface area (Å²) in [7, 11) is 0. The maximum atomic E-state index is 9.06. The molecule has 1 fully saturated rings. The third-order valence-electron chi connectivity index (χ3n) is 4.12. The molecule has 0 amide bonds. The van der Waals surface area contributed by atoms with Gasteiger partial charge >= 0.3 is 0 Å². The summed E-state index contributed by atoms with van der Waals surface area (Å²) in [5.41, 5.74) is 4.72. The first kappa shape index (κ1) is 10.7. The number of allylic oxidation sites excluding steroid dienone is 3. The Kier molecular flexibility index (Phi) is 2.52.